The lowest BCUT2D eigenvalue weighted by Gasteiger charge is -2.26. The lowest BCUT2D eigenvalue weighted by Crippen LogP contribution is -2.39. The maximum Gasteiger partial charge on any atom is 0.191 e. The lowest BCUT2D eigenvalue weighted by atomic mass is 10.1. The summed E-state index contributed by atoms with van der Waals surface area (Å²) in [6.07, 6.45) is 2.14. The molecule has 0 atom stereocenters. The topological polar surface area (TPSA) is 48.9 Å². The van der Waals surface area contributed by atoms with Crippen molar-refractivity contribution in [1.82, 2.24) is 15.5 Å². The molecule has 0 bridgehead atoms. The van der Waals surface area contributed by atoms with E-state index in [1.807, 2.05) is 23.5 Å². The number of nitrogens with zero attached hydrogens (tertiary/aromatic N) is 2. The molecule has 0 spiro atoms. The number of fused-ring (bicyclic) bond motifs is 1. The van der Waals surface area contributed by atoms with E-state index in [0.717, 1.165) is 57.4 Å². The van der Waals surface area contributed by atoms with Gasteiger partial charge in [-0.25, -0.2) is 0 Å². The van der Waals surface area contributed by atoms with Crippen molar-refractivity contribution in [2.75, 3.05) is 39.8 Å². The minimum atomic E-state index is 0.817. The summed E-state index contributed by atoms with van der Waals surface area (Å²) in [5.74, 6) is 1.80. The number of thiophene rings is 1. The minimum Gasteiger partial charge on any atom is -0.497 e. The SMILES string of the molecule is CCNC(=NCCN1CCc2sccc2C1)NCCc1ccc(OC)cc1. The number of methoxy groups -OCH3 is 1. The van der Waals surface area contributed by atoms with E-state index in [-0.39, 0.29) is 0 Å². The zero-order valence-electron chi connectivity index (χ0n) is 16.3. The van der Waals surface area contributed by atoms with Gasteiger partial charge in [0.25, 0.3) is 0 Å². The summed E-state index contributed by atoms with van der Waals surface area (Å²) < 4.78 is 5.20. The number of nitrogens with one attached hydrogen (secondary N) is 2. The number of ether oxygens (including phenoxy) is 1. The highest BCUT2D eigenvalue weighted by molar-refractivity contribution is 7.10. The second-order valence-corrected chi connectivity index (χ2v) is 7.68. The van der Waals surface area contributed by atoms with Gasteiger partial charge in [-0.2, -0.15) is 0 Å². The molecular weight excluding hydrogens is 356 g/mol. The first-order valence-electron chi connectivity index (χ1n) is 9.71. The number of aliphatic imine (C=N–C) groups is 1. The summed E-state index contributed by atoms with van der Waals surface area (Å²) in [6.45, 7) is 7.86. The Bertz CT molecular complexity index is 726. The number of hydrogen-bond acceptors (Lipinski definition) is 4. The molecule has 0 unspecified atom stereocenters. The molecule has 146 valence electrons. The van der Waals surface area contributed by atoms with Crippen LogP contribution in [0.15, 0.2) is 40.7 Å². The summed E-state index contributed by atoms with van der Waals surface area (Å²) in [6, 6.07) is 10.5. The standard InChI is InChI=1S/C21H30N4OS/c1-3-22-21(23-11-8-17-4-6-19(26-2)7-5-17)24-12-14-25-13-9-20-18(16-25)10-15-27-20/h4-7,10,15H,3,8-9,11-14,16H2,1-2H3,(H2,22,23,24). The van der Waals surface area contributed by atoms with Gasteiger partial charge >= 0.3 is 0 Å². The van der Waals surface area contributed by atoms with Crippen LogP contribution in [-0.2, 0) is 19.4 Å². The lowest BCUT2D eigenvalue weighted by molar-refractivity contribution is 0.263. The van der Waals surface area contributed by atoms with Gasteiger partial charge in [-0.05, 0) is 54.5 Å². The molecule has 0 saturated carbocycles. The van der Waals surface area contributed by atoms with Crippen LogP contribution < -0.4 is 15.4 Å². The van der Waals surface area contributed by atoms with Gasteiger partial charge in [0.15, 0.2) is 5.96 Å². The van der Waals surface area contributed by atoms with Crippen molar-refractivity contribution in [3.05, 3.63) is 51.7 Å². The van der Waals surface area contributed by atoms with Gasteiger partial charge in [-0.3, -0.25) is 9.89 Å². The first-order chi connectivity index (χ1) is 13.3. The highest BCUT2D eigenvalue weighted by Gasteiger charge is 2.16. The molecule has 0 aliphatic carbocycles. The van der Waals surface area contributed by atoms with Crippen molar-refractivity contribution in [2.45, 2.75) is 26.3 Å². The number of rotatable bonds is 8. The minimum absolute atomic E-state index is 0.817. The highest BCUT2D eigenvalue weighted by Crippen LogP contribution is 2.23. The van der Waals surface area contributed by atoms with E-state index in [9.17, 15) is 0 Å². The molecule has 1 aromatic heterocycles. The van der Waals surface area contributed by atoms with Gasteiger partial charge in [0.2, 0.25) is 0 Å². The predicted molar refractivity (Wildman–Crippen MR) is 114 cm³/mol. The van der Waals surface area contributed by atoms with Crippen LogP contribution >= 0.6 is 11.3 Å². The predicted octanol–water partition coefficient (Wildman–Crippen LogP) is 2.91. The summed E-state index contributed by atoms with van der Waals surface area (Å²) in [5, 5.41) is 8.99. The average molecular weight is 387 g/mol. The molecule has 3 rings (SSSR count). The van der Waals surface area contributed by atoms with E-state index in [0.29, 0.717) is 0 Å². The maximum absolute atomic E-state index is 5.20. The Morgan fingerprint density at radius 1 is 1.22 bits per heavy atom. The molecule has 0 fully saturated rings. The first kappa shape index (κ1) is 19.7. The van der Waals surface area contributed by atoms with Crippen LogP contribution in [0.5, 0.6) is 5.75 Å². The zero-order valence-corrected chi connectivity index (χ0v) is 17.1. The number of hydrogen-bond donors (Lipinski definition) is 2. The maximum atomic E-state index is 5.20. The smallest absolute Gasteiger partial charge is 0.191 e. The van der Waals surface area contributed by atoms with Crippen LogP contribution in [0, 0.1) is 0 Å². The third kappa shape index (κ3) is 5.97. The van der Waals surface area contributed by atoms with Crippen LogP contribution in [0.4, 0.5) is 0 Å². The first-order valence-corrected chi connectivity index (χ1v) is 10.6. The quantitative estimate of drug-likeness (QED) is 0.541. The molecule has 1 aromatic carbocycles. The van der Waals surface area contributed by atoms with Crippen molar-refractivity contribution < 1.29 is 4.74 Å². The van der Waals surface area contributed by atoms with Crippen molar-refractivity contribution in [3.8, 4) is 5.75 Å². The van der Waals surface area contributed by atoms with Crippen LogP contribution in [-0.4, -0.2) is 50.7 Å². The fraction of sp³-hybridized carbons (Fsp3) is 0.476. The molecule has 27 heavy (non-hydrogen) atoms. The van der Waals surface area contributed by atoms with E-state index >= 15 is 0 Å². The van der Waals surface area contributed by atoms with Gasteiger partial charge in [0.1, 0.15) is 5.75 Å². The third-order valence-electron chi connectivity index (χ3n) is 4.78. The van der Waals surface area contributed by atoms with E-state index in [2.05, 4.69) is 46.0 Å². The fourth-order valence-electron chi connectivity index (χ4n) is 3.26. The van der Waals surface area contributed by atoms with Crippen molar-refractivity contribution in [2.24, 2.45) is 4.99 Å². The Kier molecular flexibility index (Phi) is 7.54. The van der Waals surface area contributed by atoms with Crippen LogP contribution in [0.25, 0.3) is 0 Å². The van der Waals surface area contributed by atoms with Gasteiger partial charge in [0, 0.05) is 37.6 Å². The Morgan fingerprint density at radius 3 is 2.85 bits per heavy atom. The summed E-state index contributed by atoms with van der Waals surface area (Å²) in [7, 11) is 1.69. The molecule has 0 saturated heterocycles. The second-order valence-electron chi connectivity index (χ2n) is 6.68. The van der Waals surface area contributed by atoms with Crippen LogP contribution in [0.3, 0.4) is 0 Å². The molecule has 1 aliphatic heterocycles. The Hall–Kier alpha value is -2.05. The molecule has 2 aromatic rings. The largest absolute Gasteiger partial charge is 0.497 e. The second kappa shape index (κ2) is 10.3. The average Bonchev–Trinajstić information content (AvgIpc) is 3.16. The molecule has 0 amide bonds. The molecule has 2 N–H and O–H groups in total. The summed E-state index contributed by atoms with van der Waals surface area (Å²) in [5.41, 5.74) is 2.79. The Morgan fingerprint density at radius 2 is 2.07 bits per heavy atom. The van der Waals surface area contributed by atoms with Gasteiger partial charge in [0.05, 0.1) is 13.7 Å². The fourth-order valence-corrected chi connectivity index (χ4v) is 4.15. The van der Waals surface area contributed by atoms with Gasteiger partial charge in [-0.1, -0.05) is 12.1 Å². The normalized spacial score (nSPS) is 14.7. The summed E-state index contributed by atoms with van der Waals surface area (Å²) >= 11 is 1.89. The van der Waals surface area contributed by atoms with Gasteiger partial charge < -0.3 is 15.4 Å². The van der Waals surface area contributed by atoms with E-state index in [1.54, 1.807) is 12.0 Å². The molecule has 6 heteroatoms. The van der Waals surface area contributed by atoms with E-state index < -0.39 is 0 Å². The molecule has 0 radical (unpaired) electrons. The van der Waals surface area contributed by atoms with Gasteiger partial charge in [-0.15, -0.1) is 11.3 Å². The monoisotopic (exact) mass is 386 g/mol. The molecule has 5 nitrogen and oxygen atoms in total. The highest BCUT2D eigenvalue weighted by atomic mass is 32.1. The van der Waals surface area contributed by atoms with E-state index in [1.165, 1.54) is 17.5 Å². The Labute approximate surface area is 166 Å². The summed E-state index contributed by atoms with van der Waals surface area (Å²) in [4.78, 5) is 8.80. The molecule has 2 heterocycles. The van der Waals surface area contributed by atoms with Crippen molar-refractivity contribution in [3.63, 3.8) is 0 Å². The van der Waals surface area contributed by atoms with Crippen LogP contribution in [0.2, 0.25) is 0 Å². The molecular formula is C21H30N4OS. The number of benzene rings is 1. The van der Waals surface area contributed by atoms with E-state index in [4.69, 9.17) is 9.73 Å². The van der Waals surface area contributed by atoms with Crippen LogP contribution in [0.1, 0.15) is 22.9 Å². The zero-order chi connectivity index (χ0) is 18.9. The van der Waals surface area contributed by atoms with Crippen molar-refractivity contribution >= 4 is 17.3 Å². The number of guanidine groups is 1. The van der Waals surface area contributed by atoms with Crippen molar-refractivity contribution in [1.29, 1.82) is 0 Å². The third-order valence-corrected chi connectivity index (χ3v) is 5.81. The Balaban J connectivity index is 1.42. The molecule has 1 aliphatic rings.